The molecule has 0 aromatic carbocycles. The van der Waals surface area contributed by atoms with Crippen LogP contribution in [0.25, 0.3) is 0 Å². The molecule has 1 unspecified atom stereocenters. The lowest BCUT2D eigenvalue weighted by molar-refractivity contribution is -0.128. The van der Waals surface area contributed by atoms with Gasteiger partial charge in [-0.3, -0.25) is 9.59 Å². The van der Waals surface area contributed by atoms with E-state index in [4.69, 9.17) is 0 Å². The fourth-order valence-corrected chi connectivity index (χ4v) is 3.86. The number of likely N-dealkylation sites (tertiary alicyclic amines) is 1. The maximum absolute atomic E-state index is 11.8. The van der Waals surface area contributed by atoms with Crippen LogP contribution in [-0.4, -0.2) is 34.3 Å². The molecule has 4 heteroatoms. The molecule has 0 aromatic heterocycles. The van der Waals surface area contributed by atoms with Gasteiger partial charge in [0.15, 0.2) is 5.12 Å². The zero-order valence-electron chi connectivity index (χ0n) is 10.5. The van der Waals surface area contributed by atoms with Gasteiger partial charge in [0, 0.05) is 31.7 Å². The summed E-state index contributed by atoms with van der Waals surface area (Å²) >= 11 is 1.33. The third-order valence-corrected chi connectivity index (χ3v) is 4.70. The Kier molecular flexibility index (Phi) is 4.48. The Morgan fingerprint density at radius 2 is 2.06 bits per heavy atom. The van der Waals surface area contributed by atoms with Gasteiger partial charge in [0.05, 0.1) is 0 Å². The zero-order chi connectivity index (χ0) is 12.3. The molecule has 1 saturated carbocycles. The van der Waals surface area contributed by atoms with Crippen molar-refractivity contribution in [2.75, 3.05) is 13.1 Å². The van der Waals surface area contributed by atoms with Crippen molar-refractivity contribution >= 4 is 22.8 Å². The number of carbonyl (C=O) groups excluding carboxylic acids is 2. The van der Waals surface area contributed by atoms with Crippen LogP contribution < -0.4 is 0 Å². The van der Waals surface area contributed by atoms with E-state index in [1.54, 1.807) is 6.92 Å². The van der Waals surface area contributed by atoms with Gasteiger partial charge in [0.25, 0.3) is 0 Å². The van der Waals surface area contributed by atoms with Gasteiger partial charge in [0.1, 0.15) is 0 Å². The Hall–Kier alpha value is -0.510. The van der Waals surface area contributed by atoms with Crippen molar-refractivity contribution in [1.29, 1.82) is 0 Å². The van der Waals surface area contributed by atoms with E-state index in [0.717, 1.165) is 13.1 Å². The second kappa shape index (κ2) is 5.89. The summed E-state index contributed by atoms with van der Waals surface area (Å²) in [5.41, 5.74) is 0. The van der Waals surface area contributed by atoms with Crippen molar-refractivity contribution in [3.05, 3.63) is 0 Å². The maximum Gasteiger partial charge on any atom is 0.223 e. The van der Waals surface area contributed by atoms with Crippen LogP contribution in [0.15, 0.2) is 0 Å². The van der Waals surface area contributed by atoms with Crippen LogP contribution >= 0.6 is 11.8 Å². The van der Waals surface area contributed by atoms with Crippen molar-refractivity contribution in [1.82, 2.24) is 4.90 Å². The minimum Gasteiger partial charge on any atom is -0.341 e. The Bertz CT molecular complexity index is 300. The van der Waals surface area contributed by atoms with Gasteiger partial charge in [-0.05, 0) is 18.8 Å². The van der Waals surface area contributed by atoms with Gasteiger partial charge in [-0.1, -0.05) is 31.0 Å². The fraction of sp³-hybridized carbons (Fsp3) is 0.846. The van der Waals surface area contributed by atoms with E-state index in [1.807, 2.05) is 4.90 Å². The molecule has 1 aliphatic carbocycles. The normalized spacial score (nSPS) is 26.5. The first-order valence-electron chi connectivity index (χ1n) is 6.60. The molecule has 1 amide bonds. The predicted octanol–water partition coefficient (Wildman–Crippen LogP) is 2.45. The molecule has 0 N–H and O–H groups in total. The highest BCUT2D eigenvalue weighted by Crippen LogP contribution is 2.29. The Labute approximate surface area is 107 Å². The summed E-state index contributed by atoms with van der Waals surface area (Å²) in [6.45, 7) is 3.28. The topological polar surface area (TPSA) is 37.4 Å². The van der Waals surface area contributed by atoms with Crippen LogP contribution in [0, 0.1) is 5.92 Å². The first-order chi connectivity index (χ1) is 8.15. The third kappa shape index (κ3) is 3.73. The lowest BCUT2D eigenvalue weighted by Crippen LogP contribution is -2.32. The molecule has 1 heterocycles. The summed E-state index contributed by atoms with van der Waals surface area (Å²) in [5, 5.41) is 0.325. The van der Waals surface area contributed by atoms with Crippen LogP contribution in [0.5, 0.6) is 0 Å². The van der Waals surface area contributed by atoms with E-state index in [1.165, 1.54) is 43.9 Å². The summed E-state index contributed by atoms with van der Waals surface area (Å²) in [6, 6.07) is 0. The van der Waals surface area contributed by atoms with E-state index < -0.39 is 0 Å². The van der Waals surface area contributed by atoms with Crippen molar-refractivity contribution in [3.63, 3.8) is 0 Å². The second-order valence-corrected chi connectivity index (χ2v) is 6.72. The van der Waals surface area contributed by atoms with Crippen LogP contribution in [-0.2, 0) is 9.59 Å². The fourth-order valence-electron chi connectivity index (χ4n) is 2.91. The van der Waals surface area contributed by atoms with Crippen LogP contribution in [0.4, 0.5) is 0 Å². The highest BCUT2D eigenvalue weighted by atomic mass is 32.2. The van der Waals surface area contributed by atoms with Gasteiger partial charge in [0.2, 0.25) is 5.91 Å². The van der Waals surface area contributed by atoms with Crippen molar-refractivity contribution in [2.24, 2.45) is 5.92 Å². The summed E-state index contributed by atoms with van der Waals surface area (Å²) in [4.78, 5) is 24.9. The Balaban J connectivity index is 1.80. The molecule has 0 radical (unpaired) electrons. The molecule has 96 valence electrons. The number of hydrogen-bond acceptors (Lipinski definition) is 3. The average Bonchev–Trinajstić information content (AvgIpc) is 2.59. The summed E-state index contributed by atoms with van der Waals surface area (Å²) in [7, 11) is 0. The van der Waals surface area contributed by atoms with Crippen LogP contribution in [0.3, 0.4) is 0 Å². The number of hydrogen-bond donors (Lipinski definition) is 0. The summed E-state index contributed by atoms with van der Waals surface area (Å²) < 4.78 is 0. The van der Waals surface area contributed by atoms with Crippen molar-refractivity contribution in [3.8, 4) is 0 Å². The molecule has 1 saturated heterocycles. The zero-order valence-corrected chi connectivity index (χ0v) is 11.3. The second-order valence-electron chi connectivity index (χ2n) is 5.24. The minimum absolute atomic E-state index is 0.127. The van der Waals surface area contributed by atoms with Gasteiger partial charge in [-0.15, -0.1) is 0 Å². The first kappa shape index (κ1) is 12.9. The molecule has 1 aliphatic heterocycles. The van der Waals surface area contributed by atoms with E-state index in [9.17, 15) is 9.59 Å². The highest BCUT2D eigenvalue weighted by molar-refractivity contribution is 8.14. The third-order valence-electron chi connectivity index (χ3n) is 3.71. The number of carbonyl (C=O) groups is 2. The largest absolute Gasteiger partial charge is 0.341 e. The molecular formula is C13H21NO2S. The lowest BCUT2D eigenvalue weighted by atomic mass is 9.89. The van der Waals surface area contributed by atoms with Crippen molar-refractivity contribution < 1.29 is 9.59 Å². The Morgan fingerprint density at radius 1 is 1.35 bits per heavy atom. The van der Waals surface area contributed by atoms with Gasteiger partial charge in [-0.25, -0.2) is 0 Å². The van der Waals surface area contributed by atoms with Crippen LogP contribution in [0.1, 0.15) is 45.4 Å². The molecule has 2 fully saturated rings. The number of thioether (sulfide) groups is 1. The molecule has 2 rings (SSSR count). The average molecular weight is 255 g/mol. The van der Waals surface area contributed by atoms with Gasteiger partial charge in [-0.2, -0.15) is 0 Å². The van der Waals surface area contributed by atoms with Gasteiger partial charge < -0.3 is 4.90 Å². The van der Waals surface area contributed by atoms with Crippen molar-refractivity contribution in [2.45, 2.75) is 50.7 Å². The summed E-state index contributed by atoms with van der Waals surface area (Å²) in [5.74, 6) is 0.947. The molecule has 1 atom stereocenters. The van der Waals surface area contributed by atoms with Gasteiger partial charge >= 0.3 is 0 Å². The minimum atomic E-state index is 0.127. The molecule has 0 bridgehead atoms. The Morgan fingerprint density at radius 3 is 2.71 bits per heavy atom. The maximum atomic E-state index is 11.8. The first-order valence-corrected chi connectivity index (χ1v) is 7.48. The number of amides is 1. The molecule has 2 aliphatic rings. The standard InChI is InChI=1S/C13H21NO2S/c1-10(15)17-12-7-13(16)14(9-12)8-11-5-3-2-4-6-11/h11-12H,2-9H2,1H3. The molecule has 0 aromatic rings. The SMILES string of the molecule is CC(=O)SC1CC(=O)N(CC2CCCCC2)C1. The van der Waals surface area contributed by atoms with E-state index in [2.05, 4.69) is 0 Å². The van der Waals surface area contributed by atoms with Crippen LogP contribution in [0.2, 0.25) is 0 Å². The van der Waals surface area contributed by atoms with E-state index in [0.29, 0.717) is 12.3 Å². The highest BCUT2D eigenvalue weighted by Gasteiger charge is 2.32. The molecular weight excluding hydrogens is 234 g/mol. The van der Waals surface area contributed by atoms with E-state index >= 15 is 0 Å². The quantitative estimate of drug-likeness (QED) is 0.777. The lowest BCUT2D eigenvalue weighted by Gasteiger charge is -2.26. The molecule has 3 nitrogen and oxygen atoms in total. The molecule has 0 spiro atoms. The number of nitrogens with zero attached hydrogens (tertiary/aromatic N) is 1. The monoisotopic (exact) mass is 255 g/mol. The smallest absolute Gasteiger partial charge is 0.223 e. The summed E-state index contributed by atoms with van der Waals surface area (Å²) in [6.07, 6.45) is 7.09. The number of rotatable bonds is 3. The van der Waals surface area contributed by atoms with E-state index in [-0.39, 0.29) is 16.3 Å². The molecule has 17 heavy (non-hydrogen) atoms. The predicted molar refractivity (Wildman–Crippen MR) is 69.8 cm³/mol.